The van der Waals surface area contributed by atoms with Gasteiger partial charge in [0.15, 0.2) is 6.73 Å². The number of phenolic OH excluding ortho intramolecular Hbond substituents is 1. The third-order valence-electron chi connectivity index (χ3n) is 6.44. The molecule has 0 bridgehead atoms. The molecule has 3 rings (SSSR count). The molecule has 2 aromatic rings. The van der Waals surface area contributed by atoms with Gasteiger partial charge in [-0.25, -0.2) is 9.59 Å². The Morgan fingerprint density at radius 3 is 2.75 bits per heavy atom. The number of aromatic amines is 1. The van der Waals surface area contributed by atoms with Crippen LogP contribution in [0.3, 0.4) is 0 Å². The summed E-state index contributed by atoms with van der Waals surface area (Å²) in [6, 6.07) is 3.43. The van der Waals surface area contributed by atoms with Gasteiger partial charge in [0.1, 0.15) is 11.5 Å². The minimum absolute atomic E-state index is 0.0212. The van der Waals surface area contributed by atoms with Gasteiger partial charge >= 0.3 is 11.8 Å². The Morgan fingerprint density at radius 2 is 2.06 bits per heavy atom. The SMILES string of the molecule is C=C(C)[C@H]1CCC(C)=C[C@@H]1c1c(O)cc(CCCCC)cc1OC(=O)OCn1cc(F)c(=O)[nH]c1=O. The Morgan fingerprint density at radius 1 is 1.31 bits per heavy atom. The number of halogens is 1. The van der Waals surface area contributed by atoms with Crippen LogP contribution in [-0.2, 0) is 17.9 Å². The molecule has 8 nitrogen and oxygen atoms in total. The Balaban J connectivity index is 1.92. The summed E-state index contributed by atoms with van der Waals surface area (Å²) < 4.78 is 24.8. The molecule has 1 heterocycles. The van der Waals surface area contributed by atoms with Crippen molar-refractivity contribution in [3.05, 3.63) is 79.9 Å². The van der Waals surface area contributed by atoms with Crippen LogP contribution in [0.5, 0.6) is 11.5 Å². The summed E-state index contributed by atoms with van der Waals surface area (Å²) in [6.45, 7) is 9.51. The summed E-state index contributed by atoms with van der Waals surface area (Å²) >= 11 is 0. The number of hydrogen-bond donors (Lipinski definition) is 2. The highest BCUT2D eigenvalue weighted by molar-refractivity contribution is 5.66. The van der Waals surface area contributed by atoms with Gasteiger partial charge in [-0.3, -0.25) is 14.3 Å². The van der Waals surface area contributed by atoms with Crippen molar-refractivity contribution in [1.29, 1.82) is 0 Å². The minimum atomic E-state index is -1.19. The fourth-order valence-corrected chi connectivity index (χ4v) is 4.54. The van der Waals surface area contributed by atoms with Crippen LogP contribution in [0.4, 0.5) is 9.18 Å². The van der Waals surface area contributed by atoms with Gasteiger partial charge in [0.05, 0.1) is 6.20 Å². The summed E-state index contributed by atoms with van der Waals surface area (Å²) in [5, 5.41) is 11.1. The van der Waals surface area contributed by atoms with Crippen molar-refractivity contribution in [2.45, 2.75) is 71.9 Å². The molecule has 2 N–H and O–H groups in total. The molecule has 0 amide bonds. The average Bonchev–Trinajstić information content (AvgIpc) is 2.80. The first-order valence-corrected chi connectivity index (χ1v) is 12.1. The number of hydrogen-bond acceptors (Lipinski definition) is 6. The van der Waals surface area contributed by atoms with Crippen LogP contribution < -0.4 is 16.0 Å². The molecule has 1 aliphatic carbocycles. The van der Waals surface area contributed by atoms with Gasteiger partial charge in [0.2, 0.25) is 5.82 Å². The zero-order valence-electron chi connectivity index (χ0n) is 20.9. The molecule has 2 atom stereocenters. The maximum Gasteiger partial charge on any atom is 0.515 e. The highest BCUT2D eigenvalue weighted by Gasteiger charge is 2.31. The van der Waals surface area contributed by atoms with Crippen LogP contribution in [0.15, 0.2) is 51.7 Å². The van der Waals surface area contributed by atoms with Crippen molar-refractivity contribution in [1.82, 2.24) is 9.55 Å². The first-order valence-electron chi connectivity index (χ1n) is 12.1. The van der Waals surface area contributed by atoms with E-state index in [-0.39, 0.29) is 23.3 Å². The van der Waals surface area contributed by atoms with Crippen molar-refractivity contribution in [3.8, 4) is 11.5 Å². The van der Waals surface area contributed by atoms with Crippen LogP contribution in [0, 0.1) is 11.7 Å². The number of carbonyl (C=O) groups is 1. The second kappa shape index (κ2) is 11.9. The third kappa shape index (κ3) is 6.53. The molecule has 0 fully saturated rings. The summed E-state index contributed by atoms with van der Waals surface area (Å²) in [6.07, 6.45) is 7.01. The summed E-state index contributed by atoms with van der Waals surface area (Å²) in [4.78, 5) is 37.4. The van der Waals surface area contributed by atoms with Crippen molar-refractivity contribution in [2.24, 2.45) is 5.92 Å². The van der Waals surface area contributed by atoms with E-state index in [9.17, 15) is 23.9 Å². The lowest BCUT2D eigenvalue weighted by molar-refractivity contribution is 0.0689. The van der Waals surface area contributed by atoms with E-state index in [2.05, 4.69) is 19.6 Å². The molecule has 0 aliphatic heterocycles. The molecule has 1 aromatic carbocycles. The monoisotopic (exact) mass is 500 g/mol. The van der Waals surface area contributed by atoms with E-state index in [1.54, 1.807) is 17.1 Å². The highest BCUT2D eigenvalue weighted by atomic mass is 19.1. The van der Waals surface area contributed by atoms with Gasteiger partial charge in [-0.2, -0.15) is 4.39 Å². The number of unbranched alkanes of at least 4 members (excludes halogenated alkanes) is 2. The van der Waals surface area contributed by atoms with E-state index in [0.717, 1.165) is 48.8 Å². The number of aromatic hydroxyl groups is 1. The van der Waals surface area contributed by atoms with Crippen LogP contribution in [0.25, 0.3) is 0 Å². The summed E-state index contributed by atoms with van der Waals surface area (Å²) in [5.41, 5.74) is 1.31. The number of ether oxygens (including phenoxy) is 2. The maximum absolute atomic E-state index is 13.5. The topological polar surface area (TPSA) is 111 Å². The smallest absolute Gasteiger partial charge is 0.507 e. The van der Waals surface area contributed by atoms with Crippen molar-refractivity contribution >= 4 is 6.16 Å². The number of aromatic nitrogens is 2. The molecule has 36 heavy (non-hydrogen) atoms. The van der Waals surface area contributed by atoms with Gasteiger partial charge in [0.25, 0.3) is 5.56 Å². The lowest BCUT2D eigenvalue weighted by Crippen LogP contribution is -2.32. The second-order valence-electron chi connectivity index (χ2n) is 9.35. The van der Waals surface area contributed by atoms with Crippen LogP contribution in [0.1, 0.15) is 69.9 Å². The molecule has 9 heteroatoms. The van der Waals surface area contributed by atoms with E-state index in [0.29, 0.717) is 22.7 Å². The number of benzene rings is 1. The van der Waals surface area contributed by atoms with E-state index in [1.165, 1.54) is 0 Å². The lowest BCUT2D eigenvalue weighted by atomic mass is 9.73. The molecule has 0 saturated heterocycles. The van der Waals surface area contributed by atoms with E-state index in [1.807, 2.05) is 13.8 Å². The number of nitrogens with zero attached hydrogens (tertiary/aromatic N) is 1. The van der Waals surface area contributed by atoms with Gasteiger partial charge in [-0.05, 0) is 63.1 Å². The second-order valence-corrected chi connectivity index (χ2v) is 9.35. The number of phenols is 1. The molecule has 0 unspecified atom stereocenters. The van der Waals surface area contributed by atoms with E-state index in [4.69, 9.17) is 9.47 Å². The predicted octanol–water partition coefficient (Wildman–Crippen LogP) is 5.30. The van der Waals surface area contributed by atoms with Crippen LogP contribution >= 0.6 is 0 Å². The van der Waals surface area contributed by atoms with Crippen LogP contribution in [0.2, 0.25) is 0 Å². The van der Waals surface area contributed by atoms with Gasteiger partial charge in [-0.15, -0.1) is 0 Å². The number of allylic oxidation sites excluding steroid dienone is 3. The highest BCUT2D eigenvalue weighted by Crippen LogP contribution is 2.47. The number of H-pyrrole nitrogens is 1. The largest absolute Gasteiger partial charge is 0.515 e. The zero-order chi connectivity index (χ0) is 26.4. The van der Waals surface area contributed by atoms with Gasteiger partial charge in [-0.1, -0.05) is 43.6 Å². The number of rotatable bonds is 9. The number of nitrogens with one attached hydrogen (secondary N) is 1. The summed E-state index contributed by atoms with van der Waals surface area (Å²) in [5.74, 6) is -1.21. The standard InChI is InChI=1S/C27H33FN2O6/c1-5-6-7-8-18-12-22(31)24(20-11-17(4)9-10-19(20)16(2)3)23(13-18)36-27(34)35-15-30-14-21(28)25(32)29-26(30)33/h11-14,19-20,31H,2,5-10,15H2,1,3-4H3,(H,29,32,33)/t19-,20+/m1/s1. The molecular formula is C27H33FN2O6. The number of aryl methyl sites for hydroxylation is 1. The van der Waals surface area contributed by atoms with Gasteiger partial charge in [0, 0.05) is 11.5 Å². The van der Waals surface area contributed by atoms with Crippen molar-refractivity contribution in [3.63, 3.8) is 0 Å². The molecule has 0 saturated carbocycles. The molecular weight excluding hydrogens is 467 g/mol. The molecule has 1 aromatic heterocycles. The molecule has 194 valence electrons. The quantitative estimate of drug-likeness (QED) is 0.209. The Kier molecular flexibility index (Phi) is 8.90. The van der Waals surface area contributed by atoms with Gasteiger partial charge < -0.3 is 14.6 Å². The third-order valence-corrected chi connectivity index (χ3v) is 6.44. The lowest BCUT2D eigenvalue weighted by Gasteiger charge is -2.32. The normalized spacial score (nSPS) is 17.4. The fourth-order valence-electron chi connectivity index (χ4n) is 4.54. The summed E-state index contributed by atoms with van der Waals surface area (Å²) in [7, 11) is 0. The Hall–Kier alpha value is -3.62. The van der Waals surface area contributed by atoms with E-state index >= 15 is 0 Å². The predicted molar refractivity (Wildman–Crippen MR) is 134 cm³/mol. The average molecular weight is 501 g/mol. The number of carbonyl (C=O) groups excluding carboxylic acids is 1. The zero-order valence-corrected chi connectivity index (χ0v) is 20.9. The Bertz CT molecular complexity index is 1280. The van der Waals surface area contributed by atoms with Crippen molar-refractivity contribution in [2.75, 3.05) is 0 Å². The molecule has 0 spiro atoms. The van der Waals surface area contributed by atoms with Crippen molar-refractivity contribution < 1.29 is 23.8 Å². The van der Waals surface area contributed by atoms with E-state index < -0.39 is 30.0 Å². The molecule has 1 aliphatic rings. The first kappa shape index (κ1) is 27.0. The fraction of sp³-hybridized carbons (Fsp3) is 0.444. The molecule has 0 radical (unpaired) electrons. The minimum Gasteiger partial charge on any atom is -0.507 e. The Labute approximate surface area is 209 Å². The maximum atomic E-state index is 13.5. The van der Waals surface area contributed by atoms with Crippen LogP contribution in [-0.4, -0.2) is 20.8 Å². The first-order chi connectivity index (χ1) is 17.1.